The van der Waals surface area contributed by atoms with Crippen LogP contribution < -0.4 is 86.3 Å². The molecular weight excluding hydrogens is 1790 g/mol. The molecule has 3 saturated heterocycles. The molecule has 0 radical (unpaired) electrons. The smallest absolute Gasteiger partial charge is 0.305 e. The summed E-state index contributed by atoms with van der Waals surface area (Å²) >= 11 is 12.2. The monoisotopic (exact) mass is 1910 g/mol. The molecule has 3 fully saturated rings. The maximum Gasteiger partial charge on any atom is 0.305 e. The molecular formula is C83H122ClIN22O18S. The van der Waals surface area contributed by atoms with E-state index in [1.165, 1.54) is 16.8 Å². The summed E-state index contributed by atoms with van der Waals surface area (Å²) in [5, 5.41) is 59.8. The highest BCUT2D eigenvalue weighted by molar-refractivity contribution is 14.1. The standard InChI is InChI=1S/C83H122ClIN22O18S/c1-46(2)37-56(73(116)101-61(45-126)70(113)93-42-64(86)108)97-71(114)54(17-11-29-91-82(87)88)96-79(122)68(47(3)4)102-78(121)63-20-14-32-107(63)81(124)69(48(5)6)103-72(115)55(18-12-30-92-83(89)90)95-75(118)58(40-67(111)112)99-77(120)62-19-13-31-106(62)66(110)44-104(7)80(123)59(39-50-23-27-53(85)28-24-50)100-74(117)57(38-49-21-25-52(26-22-49)51-15-9-8-10-16-51)98-76(119)60(94-65(109)41-84)43-105-33-35-125-36-34-105/h8-10,15-16,21-28,46-48,54-63,68-69,126H,11-14,17-20,29-45H2,1-7H3,(H2,86,108)(H,93,113)(H,94,109)(H,95,118)(H,96,122)(H,97,114)(H,98,119)(H,99,120)(H,100,117)(H,101,116)(H,102,121)(H,103,115)(H,111,112)(H4,87,88,91)(H4,89,90,92)/t54-,55+,56-,57-,58-,59-,60-,61-,62-,63-,68-,69-/m0/s1. The van der Waals surface area contributed by atoms with Crippen LogP contribution >= 0.6 is 46.8 Å². The highest BCUT2D eigenvalue weighted by atomic mass is 127. The number of carboxylic acids is 1. The predicted octanol–water partition coefficient (Wildman–Crippen LogP) is -2.51. The van der Waals surface area contributed by atoms with Gasteiger partial charge in [0.2, 0.25) is 88.6 Å². The number of benzene rings is 3. The van der Waals surface area contributed by atoms with Crippen LogP contribution in [0.4, 0.5) is 0 Å². The zero-order chi connectivity index (χ0) is 93.0. The number of carbonyl (C=O) groups is 16. The van der Waals surface area contributed by atoms with E-state index in [0.717, 1.165) is 19.6 Å². The number of halogens is 2. The van der Waals surface area contributed by atoms with Crippen molar-refractivity contribution in [2.75, 3.05) is 90.8 Å². The zero-order valence-electron chi connectivity index (χ0n) is 72.0. The SMILES string of the molecule is CC(C)C[C@H](NC(=O)[C@H](CCCNC(=N)N)NC(=O)[C@@H](NC(=O)[C@@H]1CCCN1C(=O)[C@@H](NC(=O)[C@@H](CCCNC(=N)N)NC(=O)[C@H](CC(=O)O)NC(=O)[C@@H]1CCCN1C(=O)CN(C)C(=O)[C@H](Cc1ccc(I)cc1)NC(=O)[C@H](Cc1ccc(-c2ccccc2)cc1)NC(=O)[C@H](CN1CCOCC1)NC(=O)CCl)C(C)C)C(C)C)C(=O)N[C@@H](CS)C(=O)NCC(N)=O. The summed E-state index contributed by atoms with van der Waals surface area (Å²) in [6, 6.07) is 7.34. The summed E-state index contributed by atoms with van der Waals surface area (Å²) in [5.74, 6) is -16.9. The Hall–Kier alpha value is -11.0. The highest BCUT2D eigenvalue weighted by Gasteiger charge is 2.44. The lowest BCUT2D eigenvalue weighted by atomic mass is 9.99. The largest absolute Gasteiger partial charge is 0.481 e. The number of morpholine rings is 1. The van der Waals surface area contributed by atoms with Gasteiger partial charge >= 0.3 is 5.97 Å². The van der Waals surface area contributed by atoms with Crippen molar-refractivity contribution in [2.24, 2.45) is 35.0 Å². The quantitative estimate of drug-likeness (QED) is 0.00693. The summed E-state index contributed by atoms with van der Waals surface area (Å²) in [4.78, 5) is 230. The number of amides is 15. The van der Waals surface area contributed by atoms with Gasteiger partial charge in [0.25, 0.3) is 0 Å². The second kappa shape index (κ2) is 52.2. The molecule has 43 heteroatoms. The van der Waals surface area contributed by atoms with Crippen molar-refractivity contribution in [3.63, 3.8) is 0 Å². The van der Waals surface area contributed by atoms with Crippen molar-refractivity contribution in [1.29, 1.82) is 10.8 Å². The van der Waals surface area contributed by atoms with Crippen LogP contribution in [0.2, 0.25) is 0 Å². The normalized spacial score (nSPS) is 16.8. The second-order valence-electron chi connectivity index (χ2n) is 32.3. The molecule has 0 aromatic heterocycles. The van der Waals surface area contributed by atoms with Crippen molar-refractivity contribution in [1.82, 2.24) is 88.7 Å². The number of nitrogens with two attached hydrogens (primary N) is 3. The lowest BCUT2D eigenvalue weighted by Gasteiger charge is -2.33. The number of guanidine groups is 2. The van der Waals surface area contributed by atoms with Gasteiger partial charge in [-0.2, -0.15) is 12.6 Å². The van der Waals surface area contributed by atoms with E-state index in [1.54, 1.807) is 77.9 Å². The van der Waals surface area contributed by atoms with Crippen LogP contribution in [0, 0.1) is 32.1 Å². The van der Waals surface area contributed by atoms with Gasteiger partial charge < -0.3 is 111 Å². The third kappa shape index (κ3) is 34.1. The molecule has 0 bridgehead atoms. The first-order valence-electron chi connectivity index (χ1n) is 41.9. The number of carbonyl (C=O) groups excluding carboxylic acids is 15. The molecule has 3 heterocycles. The van der Waals surface area contributed by atoms with Crippen LogP contribution in [-0.4, -0.2) is 295 Å². The molecule has 0 unspecified atom stereocenters. The minimum absolute atomic E-state index is 0.000243. The Bertz CT molecular complexity index is 4290. The first-order valence-corrected chi connectivity index (χ1v) is 44.2. The number of carboxylic acid groups (broad SMARTS) is 1. The van der Waals surface area contributed by atoms with E-state index in [4.69, 9.17) is 44.4 Å². The van der Waals surface area contributed by atoms with Crippen LogP contribution in [0.1, 0.15) is 117 Å². The molecule has 12 atom stereocenters. The van der Waals surface area contributed by atoms with E-state index in [-0.39, 0.29) is 121 Å². The average Bonchev–Trinajstić information content (AvgIpc) is 1.61. The molecule has 40 nitrogen and oxygen atoms in total. The minimum atomic E-state index is -1.91. The Morgan fingerprint density at radius 3 is 1.56 bits per heavy atom. The molecule has 6 rings (SSSR count). The number of hydrogen-bond donors (Lipinski definition) is 20. The van der Waals surface area contributed by atoms with E-state index >= 15 is 4.79 Å². The number of nitrogens with one attached hydrogen (secondary N) is 15. The van der Waals surface area contributed by atoms with Gasteiger partial charge in [0, 0.05) is 75.0 Å². The van der Waals surface area contributed by atoms with Gasteiger partial charge in [-0.15, -0.1) is 11.6 Å². The maximum absolute atomic E-state index is 15.0. The molecule has 126 heavy (non-hydrogen) atoms. The van der Waals surface area contributed by atoms with E-state index in [2.05, 4.69) is 104 Å². The molecule has 0 aliphatic carbocycles. The van der Waals surface area contributed by atoms with Gasteiger partial charge in [0.15, 0.2) is 11.9 Å². The summed E-state index contributed by atoms with van der Waals surface area (Å²) < 4.78 is 6.37. The molecule has 692 valence electrons. The molecule has 3 aromatic rings. The summed E-state index contributed by atoms with van der Waals surface area (Å²) in [7, 11) is 1.32. The molecule has 3 aromatic carbocycles. The third-order valence-corrected chi connectivity index (χ3v) is 22.5. The fraction of sp³-hybridized carbons (Fsp3) is 0.566. The molecule has 22 N–H and O–H groups in total. The highest BCUT2D eigenvalue weighted by Crippen LogP contribution is 2.25. The van der Waals surface area contributed by atoms with Crippen LogP contribution in [0.5, 0.6) is 0 Å². The number of likely N-dealkylation sites (tertiary alicyclic amines) is 2. The lowest BCUT2D eigenvalue weighted by Crippen LogP contribution is -2.61. The first kappa shape index (κ1) is 104. The molecule has 0 saturated carbocycles. The summed E-state index contributed by atoms with van der Waals surface area (Å²) in [6.45, 7) is 10.6. The van der Waals surface area contributed by atoms with E-state index in [9.17, 15) is 77.0 Å². The predicted molar refractivity (Wildman–Crippen MR) is 479 cm³/mol. The minimum Gasteiger partial charge on any atom is -0.481 e. The Morgan fingerprint density at radius 1 is 0.540 bits per heavy atom. The molecule has 3 aliphatic rings. The number of likely N-dealkylation sites (N-methyl/N-ethyl adjacent to an activating group) is 1. The van der Waals surface area contributed by atoms with Crippen molar-refractivity contribution in [2.45, 2.75) is 191 Å². The van der Waals surface area contributed by atoms with Crippen LogP contribution in [-0.2, 0) is 94.3 Å². The fourth-order valence-electron chi connectivity index (χ4n) is 14.5. The van der Waals surface area contributed by atoms with Crippen molar-refractivity contribution in [3.8, 4) is 11.1 Å². The number of aliphatic carboxylic acids is 1. The van der Waals surface area contributed by atoms with Crippen molar-refractivity contribution >= 4 is 153 Å². The van der Waals surface area contributed by atoms with Gasteiger partial charge in [-0.3, -0.25) is 92.4 Å². The number of nitrogens with zero attached hydrogens (tertiary/aromatic N) is 4. The number of rotatable bonds is 49. The summed E-state index contributed by atoms with van der Waals surface area (Å²) in [6.07, 6.45) is -0.709. The van der Waals surface area contributed by atoms with Crippen molar-refractivity contribution in [3.05, 3.63) is 93.6 Å². The fourth-order valence-corrected chi connectivity index (χ4v) is 15.2. The molecule has 3 aliphatic heterocycles. The van der Waals surface area contributed by atoms with Gasteiger partial charge in [0.05, 0.1) is 32.7 Å². The Morgan fingerprint density at radius 2 is 1.02 bits per heavy atom. The first-order chi connectivity index (χ1) is 59.8. The number of primary amides is 1. The average molecular weight is 1910 g/mol. The van der Waals surface area contributed by atoms with E-state index in [0.29, 0.717) is 37.4 Å². The van der Waals surface area contributed by atoms with Crippen LogP contribution in [0.15, 0.2) is 78.9 Å². The number of alkyl halides is 1. The van der Waals surface area contributed by atoms with E-state index in [1.807, 2.05) is 47.4 Å². The molecule has 15 amide bonds. The van der Waals surface area contributed by atoms with Gasteiger partial charge in [0.1, 0.15) is 78.4 Å². The summed E-state index contributed by atoms with van der Waals surface area (Å²) in [5.41, 5.74) is 19.3. The number of ether oxygens (including phenoxy) is 1. The van der Waals surface area contributed by atoms with Gasteiger partial charge in [-0.05, 0) is 133 Å². The lowest BCUT2D eigenvalue weighted by molar-refractivity contribution is -0.145. The maximum atomic E-state index is 15.0. The van der Waals surface area contributed by atoms with Crippen LogP contribution in [0.3, 0.4) is 0 Å². The van der Waals surface area contributed by atoms with E-state index < -0.39 is 210 Å². The second-order valence-corrected chi connectivity index (χ2v) is 34.2. The Balaban J connectivity index is 1.17. The van der Waals surface area contributed by atoms with Gasteiger partial charge in [-0.25, -0.2) is 0 Å². The van der Waals surface area contributed by atoms with Crippen molar-refractivity contribution < 1.29 is 86.6 Å². The van der Waals surface area contributed by atoms with Gasteiger partial charge in [-0.1, -0.05) is 108 Å². The van der Waals surface area contributed by atoms with Crippen LogP contribution in [0.25, 0.3) is 11.1 Å². The molecule has 0 spiro atoms. The zero-order valence-corrected chi connectivity index (χ0v) is 75.8. The topological polar surface area (TPSA) is 598 Å². The number of thiol groups is 1. The number of hydrogen-bond acceptors (Lipinski definition) is 21. The third-order valence-electron chi connectivity index (χ3n) is 21.2. The Labute approximate surface area is 756 Å². The Kier molecular flexibility index (Phi) is 43.0.